The number of esters is 1. The molecule has 0 radical (unpaired) electrons. The van der Waals surface area contributed by atoms with Crippen molar-refractivity contribution in [3.8, 4) is 0 Å². The van der Waals surface area contributed by atoms with Crippen LogP contribution < -0.4 is 5.43 Å². The maximum Gasteiger partial charge on any atom is 0.354 e. The lowest BCUT2D eigenvalue weighted by molar-refractivity contribution is -0.135. The molecule has 2 aromatic rings. The van der Waals surface area contributed by atoms with Crippen LogP contribution in [0.4, 0.5) is 0 Å². The molecule has 0 aromatic heterocycles. The predicted octanol–water partition coefficient (Wildman–Crippen LogP) is 3.24. The van der Waals surface area contributed by atoms with E-state index in [2.05, 4.69) is 10.5 Å². The van der Waals surface area contributed by atoms with E-state index in [0.29, 0.717) is 12.8 Å². The number of aryl methyl sites for hydroxylation is 2. The van der Waals surface area contributed by atoms with E-state index in [1.807, 2.05) is 55.5 Å². The molecule has 0 saturated carbocycles. The molecule has 0 aliphatic heterocycles. The van der Waals surface area contributed by atoms with E-state index in [9.17, 15) is 9.59 Å². The average Bonchev–Trinajstić information content (AvgIpc) is 2.68. The van der Waals surface area contributed by atoms with Crippen LogP contribution in [0.25, 0.3) is 0 Å². The lowest BCUT2D eigenvalue weighted by Crippen LogP contribution is -2.39. The van der Waals surface area contributed by atoms with Gasteiger partial charge in [-0.25, -0.2) is 4.79 Å². The van der Waals surface area contributed by atoms with Crippen molar-refractivity contribution in [3.05, 3.63) is 70.8 Å². The summed E-state index contributed by atoms with van der Waals surface area (Å²) in [5.41, 5.74) is 7.09. The zero-order valence-electron chi connectivity index (χ0n) is 15.7. The first-order chi connectivity index (χ1) is 13.1. The van der Waals surface area contributed by atoms with Gasteiger partial charge in [0.2, 0.25) is 0 Å². The minimum atomic E-state index is -0.461. The molecule has 5 nitrogen and oxygen atoms in total. The summed E-state index contributed by atoms with van der Waals surface area (Å²) in [6.45, 7) is 4.03. The summed E-state index contributed by atoms with van der Waals surface area (Å²) < 4.78 is 5.14. The Bertz CT molecular complexity index is 873. The largest absolute Gasteiger partial charge is 0.461 e. The van der Waals surface area contributed by atoms with Crippen molar-refractivity contribution in [2.75, 3.05) is 6.61 Å². The monoisotopic (exact) mass is 364 g/mol. The summed E-state index contributed by atoms with van der Waals surface area (Å²) >= 11 is 0. The Hall–Kier alpha value is -2.95. The molecular formula is C22H24N2O3. The van der Waals surface area contributed by atoms with E-state index < -0.39 is 12.0 Å². The Morgan fingerprint density at radius 3 is 2.70 bits per heavy atom. The summed E-state index contributed by atoms with van der Waals surface area (Å²) in [6.07, 6.45) is 1.82. The summed E-state index contributed by atoms with van der Waals surface area (Å²) in [5, 5.41) is 4.30. The van der Waals surface area contributed by atoms with Gasteiger partial charge in [0, 0.05) is 12.0 Å². The molecular weight excluding hydrogens is 340 g/mol. The summed E-state index contributed by atoms with van der Waals surface area (Å²) in [5.74, 6) is -0.448. The van der Waals surface area contributed by atoms with E-state index in [0.717, 1.165) is 28.7 Å². The number of rotatable bonds is 6. The van der Waals surface area contributed by atoms with Crippen molar-refractivity contribution in [1.82, 2.24) is 5.43 Å². The molecule has 1 aliphatic rings. The third kappa shape index (κ3) is 4.42. The normalized spacial score (nSPS) is 16.6. The number of hydrogen-bond donors (Lipinski definition) is 1. The molecule has 1 atom stereocenters. The molecule has 140 valence electrons. The fraction of sp³-hybridized carbons (Fsp3) is 0.318. The molecule has 27 heavy (non-hydrogen) atoms. The number of hydrazone groups is 1. The number of carbonyl (C=O) groups is 2. The highest BCUT2D eigenvalue weighted by atomic mass is 16.5. The number of nitrogens with zero attached hydrogens (tertiary/aromatic N) is 1. The van der Waals surface area contributed by atoms with E-state index in [1.54, 1.807) is 6.92 Å². The first-order valence-electron chi connectivity index (χ1n) is 9.26. The topological polar surface area (TPSA) is 67.8 Å². The first-order valence-corrected chi connectivity index (χ1v) is 9.26. The predicted molar refractivity (Wildman–Crippen MR) is 105 cm³/mol. The summed E-state index contributed by atoms with van der Waals surface area (Å²) in [4.78, 5) is 25.0. The van der Waals surface area contributed by atoms with Gasteiger partial charge in [0.05, 0.1) is 6.61 Å². The number of carbonyl (C=O) groups excluding carboxylic acids is 2. The van der Waals surface area contributed by atoms with Crippen LogP contribution in [0.15, 0.2) is 53.6 Å². The van der Waals surface area contributed by atoms with Gasteiger partial charge in [-0.05, 0) is 43.4 Å². The average molecular weight is 364 g/mol. The van der Waals surface area contributed by atoms with Crippen LogP contribution in [-0.2, 0) is 22.4 Å². The fourth-order valence-corrected chi connectivity index (χ4v) is 3.24. The van der Waals surface area contributed by atoms with Crippen molar-refractivity contribution in [1.29, 1.82) is 0 Å². The molecule has 0 spiro atoms. The van der Waals surface area contributed by atoms with Gasteiger partial charge in [-0.3, -0.25) is 10.2 Å². The Labute approximate surface area is 159 Å². The van der Waals surface area contributed by atoms with E-state index in [-0.39, 0.29) is 18.1 Å². The molecule has 3 rings (SSSR count). The van der Waals surface area contributed by atoms with Crippen LogP contribution in [0.1, 0.15) is 40.4 Å². The molecule has 1 N–H and O–H groups in total. The number of ketones is 1. The molecule has 0 amide bonds. The van der Waals surface area contributed by atoms with Gasteiger partial charge in [-0.15, -0.1) is 0 Å². The van der Waals surface area contributed by atoms with Crippen molar-refractivity contribution in [2.45, 2.75) is 39.2 Å². The second-order valence-corrected chi connectivity index (χ2v) is 6.62. The standard InChI is InChI=1S/C22H24N2O3/c1-3-27-22(26)20(14-17-10-5-4-8-15(17)2)24-23-19-13-12-16-9-6-7-11-18(16)21(19)25/h4-11,19,23H,3,12-14H2,1-2H3/b24-20-/t19-/m0/s1. The second kappa shape index (κ2) is 8.62. The third-order valence-corrected chi connectivity index (χ3v) is 4.79. The number of Topliss-reactive ketones (excluding diaryl/α,β-unsaturated/α-hetero) is 1. The lowest BCUT2D eigenvalue weighted by atomic mass is 9.87. The minimum Gasteiger partial charge on any atom is -0.461 e. The molecule has 0 heterocycles. The molecule has 5 heteroatoms. The molecule has 0 fully saturated rings. The van der Waals surface area contributed by atoms with Gasteiger partial charge in [0.15, 0.2) is 5.78 Å². The Morgan fingerprint density at radius 1 is 1.19 bits per heavy atom. The Balaban J connectivity index is 1.79. The summed E-state index contributed by atoms with van der Waals surface area (Å²) in [7, 11) is 0. The lowest BCUT2D eigenvalue weighted by Gasteiger charge is -2.23. The van der Waals surface area contributed by atoms with Gasteiger partial charge in [-0.2, -0.15) is 5.10 Å². The van der Waals surface area contributed by atoms with Crippen molar-refractivity contribution in [2.24, 2.45) is 5.10 Å². The smallest absolute Gasteiger partial charge is 0.354 e. The van der Waals surface area contributed by atoms with Gasteiger partial charge >= 0.3 is 5.97 Å². The zero-order chi connectivity index (χ0) is 19.2. The van der Waals surface area contributed by atoms with E-state index in [4.69, 9.17) is 4.74 Å². The highest BCUT2D eigenvalue weighted by Crippen LogP contribution is 2.21. The van der Waals surface area contributed by atoms with Crippen molar-refractivity contribution >= 4 is 17.5 Å². The number of benzene rings is 2. The number of ether oxygens (including phenoxy) is 1. The highest BCUT2D eigenvalue weighted by molar-refractivity contribution is 6.37. The molecule has 1 aliphatic carbocycles. The maximum absolute atomic E-state index is 12.7. The van der Waals surface area contributed by atoms with Gasteiger partial charge in [-0.1, -0.05) is 48.5 Å². The SMILES string of the molecule is CCOC(=O)/C(Cc1ccccc1C)=N\N[C@H]1CCc2ccccc2C1=O. The van der Waals surface area contributed by atoms with Crippen LogP contribution >= 0.6 is 0 Å². The third-order valence-electron chi connectivity index (χ3n) is 4.79. The highest BCUT2D eigenvalue weighted by Gasteiger charge is 2.27. The number of nitrogens with one attached hydrogen (secondary N) is 1. The van der Waals surface area contributed by atoms with Gasteiger partial charge in [0.1, 0.15) is 11.8 Å². The van der Waals surface area contributed by atoms with Crippen molar-refractivity contribution in [3.63, 3.8) is 0 Å². The quantitative estimate of drug-likeness (QED) is 0.485. The van der Waals surface area contributed by atoms with E-state index in [1.165, 1.54) is 0 Å². The maximum atomic E-state index is 12.7. The first kappa shape index (κ1) is 18.8. The fourth-order valence-electron chi connectivity index (χ4n) is 3.24. The van der Waals surface area contributed by atoms with Crippen LogP contribution in [0.2, 0.25) is 0 Å². The van der Waals surface area contributed by atoms with Gasteiger partial charge < -0.3 is 4.74 Å². The van der Waals surface area contributed by atoms with Gasteiger partial charge in [0.25, 0.3) is 0 Å². The second-order valence-electron chi connectivity index (χ2n) is 6.62. The zero-order valence-corrected chi connectivity index (χ0v) is 15.7. The Morgan fingerprint density at radius 2 is 1.93 bits per heavy atom. The van der Waals surface area contributed by atoms with Crippen molar-refractivity contribution < 1.29 is 14.3 Å². The number of hydrogen-bond acceptors (Lipinski definition) is 5. The molecule has 0 unspecified atom stereocenters. The molecule has 0 saturated heterocycles. The summed E-state index contributed by atoms with van der Waals surface area (Å²) in [6, 6.07) is 15.0. The minimum absolute atomic E-state index is 0.0136. The Kier molecular flexibility index (Phi) is 6.01. The van der Waals surface area contributed by atoms with Crippen LogP contribution in [0.5, 0.6) is 0 Å². The molecule has 0 bridgehead atoms. The van der Waals surface area contributed by atoms with E-state index >= 15 is 0 Å². The van der Waals surface area contributed by atoms with Crippen LogP contribution in [0, 0.1) is 6.92 Å². The number of fused-ring (bicyclic) bond motifs is 1. The van der Waals surface area contributed by atoms with Crippen LogP contribution in [0.3, 0.4) is 0 Å². The molecule has 2 aromatic carbocycles. The van der Waals surface area contributed by atoms with Crippen LogP contribution in [-0.4, -0.2) is 30.1 Å².